The number of benzene rings is 2. The van der Waals surface area contributed by atoms with Crippen LogP contribution in [0.15, 0.2) is 47.4 Å². The van der Waals surface area contributed by atoms with Crippen molar-refractivity contribution in [1.82, 2.24) is 0 Å². The molecule has 0 heterocycles. The Kier molecular flexibility index (Phi) is 5.81. The van der Waals surface area contributed by atoms with E-state index in [1.165, 1.54) is 10.6 Å². The van der Waals surface area contributed by atoms with Crippen molar-refractivity contribution >= 4 is 17.4 Å². The molecule has 0 aliphatic heterocycles. The number of rotatable bonds is 7. The van der Waals surface area contributed by atoms with Crippen molar-refractivity contribution in [3.05, 3.63) is 48.0 Å². The Morgan fingerprint density at radius 3 is 2.48 bits per heavy atom. The van der Waals surface area contributed by atoms with Crippen LogP contribution in [0, 0.1) is 0 Å². The lowest BCUT2D eigenvalue weighted by Crippen LogP contribution is -2.01. The molecule has 1 N–H and O–H groups in total. The molecule has 0 unspecified atom stereocenters. The third kappa shape index (κ3) is 4.08. The molecule has 0 saturated carbocycles. The van der Waals surface area contributed by atoms with Gasteiger partial charge in [-0.25, -0.2) is 0 Å². The lowest BCUT2D eigenvalue weighted by atomic mass is 10.2. The maximum atomic E-state index is 5.33. The van der Waals surface area contributed by atoms with Crippen LogP contribution in [-0.4, -0.2) is 20.0 Å². The molecule has 4 heteroatoms. The second-order valence-corrected chi connectivity index (χ2v) is 5.78. The third-order valence-electron chi connectivity index (χ3n) is 3.12. The molecule has 0 amide bonds. The van der Waals surface area contributed by atoms with E-state index in [2.05, 4.69) is 36.5 Å². The topological polar surface area (TPSA) is 30.5 Å². The predicted octanol–water partition coefficient (Wildman–Crippen LogP) is 4.43. The Labute approximate surface area is 130 Å². The number of methoxy groups -OCH3 is 2. The van der Waals surface area contributed by atoms with Crippen molar-refractivity contribution < 1.29 is 9.47 Å². The fourth-order valence-electron chi connectivity index (χ4n) is 2.08. The van der Waals surface area contributed by atoms with Gasteiger partial charge in [-0.1, -0.05) is 25.1 Å². The Morgan fingerprint density at radius 2 is 1.76 bits per heavy atom. The molecule has 112 valence electrons. The third-order valence-corrected chi connectivity index (χ3v) is 4.07. The molecule has 2 rings (SSSR count). The summed E-state index contributed by atoms with van der Waals surface area (Å²) in [5.41, 5.74) is 2.32. The standard InChI is InChI=1S/C17H21NO2S/c1-4-21-17-8-6-5-7-14(17)18-12-13-9-10-15(19-2)16(11-13)20-3/h5-11,18H,4,12H2,1-3H3. The van der Waals surface area contributed by atoms with Gasteiger partial charge in [0, 0.05) is 17.1 Å². The molecule has 21 heavy (non-hydrogen) atoms. The predicted molar refractivity (Wildman–Crippen MR) is 89.7 cm³/mol. The van der Waals surface area contributed by atoms with Crippen molar-refractivity contribution in [3.63, 3.8) is 0 Å². The van der Waals surface area contributed by atoms with E-state index in [9.17, 15) is 0 Å². The highest BCUT2D eigenvalue weighted by Gasteiger charge is 2.05. The molecule has 0 aliphatic rings. The summed E-state index contributed by atoms with van der Waals surface area (Å²) >= 11 is 1.84. The summed E-state index contributed by atoms with van der Waals surface area (Å²) in [5, 5.41) is 3.49. The second kappa shape index (κ2) is 7.84. The van der Waals surface area contributed by atoms with E-state index in [4.69, 9.17) is 9.47 Å². The SMILES string of the molecule is CCSc1ccccc1NCc1ccc(OC)c(OC)c1. The van der Waals surface area contributed by atoms with E-state index in [1.807, 2.05) is 30.0 Å². The molecule has 0 aromatic heterocycles. The van der Waals surface area contributed by atoms with Crippen LogP contribution >= 0.6 is 11.8 Å². The molecular weight excluding hydrogens is 282 g/mol. The highest BCUT2D eigenvalue weighted by atomic mass is 32.2. The Bertz CT molecular complexity index is 587. The van der Waals surface area contributed by atoms with E-state index >= 15 is 0 Å². The van der Waals surface area contributed by atoms with Gasteiger partial charge in [-0.05, 0) is 35.6 Å². The number of hydrogen-bond donors (Lipinski definition) is 1. The van der Waals surface area contributed by atoms with Gasteiger partial charge >= 0.3 is 0 Å². The number of thioether (sulfide) groups is 1. The van der Waals surface area contributed by atoms with Crippen molar-refractivity contribution in [2.45, 2.75) is 18.4 Å². The van der Waals surface area contributed by atoms with Gasteiger partial charge in [0.05, 0.1) is 14.2 Å². The smallest absolute Gasteiger partial charge is 0.161 e. The zero-order valence-electron chi connectivity index (χ0n) is 12.7. The molecule has 0 bridgehead atoms. The van der Waals surface area contributed by atoms with Gasteiger partial charge in [0.25, 0.3) is 0 Å². The van der Waals surface area contributed by atoms with Crippen LogP contribution in [0.2, 0.25) is 0 Å². The van der Waals surface area contributed by atoms with Crippen molar-refractivity contribution in [2.75, 3.05) is 25.3 Å². The average Bonchev–Trinajstić information content (AvgIpc) is 2.54. The summed E-state index contributed by atoms with van der Waals surface area (Å²) in [4.78, 5) is 1.28. The molecule has 0 spiro atoms. The summed E-state index contributed by atoms with van der Waals surface area (Å²) in [6.07, 6.45) is 0. The first-order chi connectivity index (χ1) is 10.3. The molecule has 3 nitrogen and oxygen atoms in total. The highest BCUT2D eigenvalue weighted by molar-refractivity contribution is 7.99. The molecule has 0 aliphatic carbocycles. The summed E-state index contributed by atoms with van der Waals surface area (Å²) in [5.74, 6) is 2.57. The lowest BCUT2D eigenvalue weighted by molar-refractivity contribution is 0.354. The molecular formula is C17H21NO2S. The van der Waals surface area contributed by atoms with Gasteiger partial charge in [-0.15, -0.1) is 11.8 Å². The molecule has 0 atom stereocenters. The molecule has 0 saturated heterocycles. The summed E-state index contributed by atoms with van der Waals surface area (Å²) in [6, 6.07) is 14.4. The van der Waals surface area contributed by atoms with Gasteiger partial charge in [-0.3, -0.25) is 0 Å². The summed E-state index contributed by atoms with van der Waals surface area (Å²) in [6.45, 7) is 2.91. The number of anilines is 1. The fraction of sp³-hybridized carbons (Fsp3) is 0.294. The van der Waals surface area contributed by atoms with Crippen LogP contribution in [-0.2, 0) is 6.54 Å². The summed E-state index contributed by atoms with van der Waals surface area (Å²) < 4.78 is 10.6. The maximum absolute atomic E-state index is 5.33. The normalized spacial score (nSPS) is 10.2. The van der Waals surface area contributed by atoms with E-state index in [0.717, 1.165) is 29.4 Å². The van der Waals surface area contributed by atoms with Gasteiger partial charge in [0.15, 0.2) is 11.5 Å². The van der Waals surface area contributed by atoms with Crippen molar-refractivity contribution in [1.29, 1.82) is 0 Å². The number of nitrogens with one attached hydrogen (secondary N) is 1. The van der Waals surface area contributed by atoms with E-state index in [0.29, 0.717) is 0 Å². The monoisotopic (exact) mass is 303 g/mol. The van der Waals surface area contributed by atoms with Gasteiger partial charge in [-0.2, -0.15) is 0 Å². The van der Waals surface area contributed by atoms with Gasteiger partial charge in [0.1, 0.15) is 0 Å². The Balaban J connectivity index is 2.09. The molecule has 0 fully saturated rings. The summed E-state index contributed by atoms with van der Waals surface area (Å²) in [7, 11) is 3.30. The number of ether oxygens (including phenoxy) is 2. The van der Waals surface area contributed by atoms with Crippen LogP contribution in [0.4, 0.5) is 5.69 Å². The van der Waals surface area contributed by atoms with Crippen LogP contribution in [0.1, 0.15) is 12.5 Å². The first-order valence-corrected chi connectivity index (χ1v) is 7.93. The first-order valence-electron chi connectivity index (χ1n) is 6.95. The lowest BCUT2D eigenvalue weighted by Gasteiger charge is -2.13. The van der Waals surface area contributed by atoms with E-state index in [-0.39, 0.29) is 0 Å². The number of hydrogen-bond acceptors (Lipinski definition) is 4. The molecule has 2 aromatic carbocycles. The Hall–Kier alpha value is -1.81. The minimum atomic E-state index is 0.752. The second-order valence-electron chi connectivity index (χ2n) is 4.47. The van der Waals surface area contributed by atoms with Crippen molar-refractivity contribution in [2.24, 2.45) is 0 Å². The van der Waals surface area contributed by atoms with Crippen LogP contribution in [0.25, 0.3) is 0 Å². The zero-order chi connectivity index (χ0) is 15.1. The molecule has 2 aromatic rings. The average molecular weight is 303 g/mol. The quantitative estimate of drug-likeness (QED) is 0.767. The Morgan fingerprint density at radius 1 is 1.00 bits per heavy atom. The van der Waals surface area contributed by atoms with Crippen molar-refractivity contribution in [3.8, 4) is 11.5 Å². The first kappa shape index (κ1) is 15.6. The van der Waals surface area contributed by atoms with Gasteiger partial charge in [0.2, 0.25) is 0 Å². The zero-order valence-corrected chi connectivity index (χ0v) is 13.5. The van der Waals surface area contributed by atoms with E-state index in [1.54, 1.807) is 14.2 Å². The largest absolute Gasteiger partial charge is 0.493 e. The minimum Gasteiger partial charge on any atom is -0.493 e. The fourth-order valence-corrected chi connectivity index (χ4v) is 2.86. The number of para-hydroxylation sites is 1. The van der Waals surface area contributed by atoms with Crippen LogP contribution in [0.3, 0.4) is 0 Å². The minimum absolute atomic E-state index is 0.752. The van der Waals surface area contributed by atoms with Crippen LogP contribution < -0.4 is 14.8 Å². The maximum Gasteiger partial charge on any atom is 0.161 e. The van der Waals surface area contributed by atoms with Crippen LogP contribution in [0.5, 0.6) is 11.5 Å². The van der Waals surface area contributed by atoms with E-state index < -0.39 is 0 Å². The van der Waals surface area contributed by atoms with Gasteiger partial charge < -0.3 is 14.8 Å². The molecule has 0 radical (unpaired) electrons. The highest BCUT2D eigenvalue weighted by Crippen LogP contribution is 2.29.